The van der Waals surface area contributed by atoms with Crippen LogP contribution in [0.4, 0.5) is 10.5 Å². The summed E-state index contributed by atoms with van der Waals surface area (Å²) in [5.41, 5.74) is -0.711. The number of imide groups is 1. The lowest BCUT2D eigenvalue weighted by molar-refractivity contribution is -0.136. The van der Waals surface area contributed by atoms with Gasteiger partial charge < -0.3 is 10.6 Å². The van der Waals surface area contributed by atoms with Crippen LogP contribution >= 0.6 is 11.6 Å². The van der Waals surface area contributed by atoms with Crippen LogP contribution in [0.1, 0.15) is 45.4 Å². The van der Waals surface area contributed by atoms with Gasteiger partial charge in [0.1, 0.15) is 17.0 Å². The predicted molar refractivity (Wildman–Crippen MR) is 119 cm³/mol. The Labute approximate surface area is 192 Å². The third kappa shape index (κ3) is 3.99. The largest absolute Gasteiger partial charge is 0.325 e. The average molecular weight is 483 g/mol. The molecule has 1 aromatic carbocycles. The third-order valence-electron chi connectivity index (χ3n) is 6.70. The SMILES string of the molecule is CC1CCCCC12NC(=O)N(CC(=O)Nc1ccc(Cl)c(S(=O)(=O)N3CCCC3)c1)C2=O. The van der Waals surface area contributed by atoms with Crippen molar-refractivity contribution in [3.8, 4) is 0 Å². The van der Waals surface area contributed by atoms with Gasteiger partial charge in [-0.25, -0.2) is 13.2 Å². The highest BCUT2D eigenvalue weighted by Crippen LogP contribution is 2.38. The van der Waals surface area contributed by atoms with Crippen molar-refractivity contribution < 1.29 is 22.8 Å². The molecule has 2 atom stereocenters. The molecular weight excluding hydrogens is 456 g/mol. The summed E-state index contributed by atoms with van der Waals surface area (Å²) in [7, 11) is -3.77. The van der Waals surface area contributed by atoms with Crippen LogP contribution in [-0.4, -0.2) is 60.6 Å². The molecule has 4 amide bonds. The molecule has 3 fully saturated rings. The van der Waals surface area contributed by atoms with E-state index in [0.29, 0.717) is 19.5 Å². The van der Waals surface area contributed by atoms with E-state index in [-0.39, 0.29) is 27.4 Å². The highest BCUT2D eigenvalue weighted by atomic mass is 35.5. The van der Waals surface area contributed by atoms with E-state index in [9.17, 15) is 22.8 Å². The molecule has 1 spiro atoms. The van der Waals surface area contributed by atoms with Gasteiger partial charge in [0.05, 0.1) is 5.02 Å². The fourth-order valence-corrected chi connectivity index (χ4v) is 6.85. The van der Waals surface area contributed by atoms with Crippen LogP contribution in [0.2, 0.25) is 5.02 Å². The second kappa shape index (κ2) is 8.64. The molecule has 32 heavy (non-hydrogen) atoms. The van der Waals surface area contributed by atoms with Crippen molar-refractivity contribution >= 4 is 45.2 Å². The van der Waals surface area contributed by atoms with Crippen LogP contribution in [0.15, 0.2) is 23.1 Å². The zero-order chi connectivity index (χ0) is 23.1. The van der Waals surface area contributed by atoms with Crippen molar-refractivity contribution in [3.63, 3.8) is 0 Å². The van der Waals surface area contributed by atoms with Gasteiger partial charge in [-0.05, 0) is 49.8 Å². The molecule has 9 nitrogen and oxygen atoms in total. The van der Waals surface area contributed by atoms with Crippen LogP contribution in [-0.2, 0) is 19.6 Å². The van der Waals surface area contributed by atoms with E-state index in [0.717, 1.165) is 37.0 Å². The Bertz CT molecular complexity index is 1060. The van der Waals surface area contributed by atoms with E-state index in [4.69, 9.17) is 11.6 Å². The van der Waals surface area contributed by atoms with Gasteiger partial charge in [0.15, 0.2) is 0 Å². The van der Waals surface area contributed by atoms with Gasteiger partial charge >= 0.3 is 6.03 Å². The van der Waals surface area contributed by atoms with Gasteiger partial charge in [0.2, 0.25) is 15.9 Å². The second-order valence-corrected chi connectivity index (χ2v) is 11.1. The molecule has 0 radical (unpaired) electrons. The summed E-state index contributed by atoms with van der Waals surface area (Å²) in [6.45, 7) is 2.36. The first-order chi connectivity index (χ1) is 15.1. The predicted octanol–water partition coefficient (Wildman–Crippen LogP) is 2.56. The first kappa shape index (κ1) is 23.0. The van der Waals surface area contributed by atoms with Crippen molar-refractivity contribution in [1.29, 1.82) is 0 Å². The minimum Gasteiger partial charge on any atom is -0.324 e. The highest BCUT2D eigenvalue weighted by molar-refractivity contribution is 7.89. The standard InChI is InChI=1S/C21H27ClN4O5S/c1-14-6-2-3-9-21(14)19(28)26(20(29)24-21)13-18(27)23-15-7-8-16(22)17(12-15)32(30,31)25-10-4-5-11-25/h7-8,12,14H,2-6,9-11,13H2,1H3,(H,23,27)(H,24,29). The molecule has 174 valence electrons. The molecule has 1 saturated carbocycles. The molecule has 2 N–H and O–H groups in total. The molecular formula is C21H27ClN4O5S. The van der Waals surface area contributed by atoms with Crippen LogP contribution < -0.4 is 10.6 Å². The molecule has 1 aliphatic carbocycles. The molecule has 1 aromatic rings. The highest BCUT2D eigenvalue weighted by Gasteiger charge is 2.55. The zero-order valence-electron chi connectivity index (χ0n) is 17.9. The van der Waals surface area contributed by atoms with Crippen LogP contribution in [0.25, 0.3) is 0 Å². The zero-order valence-corrected chi connectivity index (χ0v) is 19.5. The maximum absolute atomic E-state index is 13.0. The molecule has 3 aliphatic rings. The van der Waals surface area contributed by atoms with Crippen LogP contribution in [0.3, 0.4) is 0 Å². The second-order valence-electron chi connectivity index (χ2n) is 8.74. The maximum atomic E-state index is 13.0. The third-order valence-corrected chi connectivity index (χ3v) is 9.08. The number of halogens is 1. The number of urea groups is 1. The number of amides is 4. The number of rotatable bonds is 5. The number of anilines is 1. The summed E-state index contributed by atoms with van der Waals surface area (Å²) < 4.78 is 27.1. The van der Waals surface area contributed by atoms with Gasteiger partial charge in [-0.1, -0.05) is 31.4 Å². The van der Waals surface area contributed by atoms with Crippen LogP contribution in [0.5, 0.6) is 0 Å². The van der Waals surface area contributed by atoms with Gasteiger partial charge in [0, 0.05) is 18.8 Å². The summed E-state index contributed by atoms with van der Waals surface area (Å²) in [5, 5.41) is 5.47. The average Bonchev–Trinajstić information content (AvgIpc) is 3.36. The van der Waals surface area contributed by atoms with Crippen molar-refractivity contribution in [2.45, 2.75) is 55.9 Å². The van der Waals surface area contributed by atoms with E-state index >= 15 is 0 Å². The Morgan fingerprint density at radius 1 is 1.22 bits per heavy atom. The minimum atomic E-state index is -3.77. The monoisotopic (exact) mass is 482 g/mol. The molecule has 2 saturated heterocycles. The lowest BCUT2D eigenvalue weighted by Gasteiger charge is -2.36. The number of carbonyl (C=O) groups is 3. The van der Waals surface area contributed by atoms with Crippen molar-refractivity contribution in [3.05, 3.63) is 23.2 Å². The van der Waals surface area contributed by atoms with E-state index < -0.39 is 34.0 Å². The Hall–Kier alpha value is -2.17. The normalized spacial score (nSPS) is 26.6. The Morgan fingerprint density at radius 2 is 1.94 bits per heavy atom. The number of hydrogen-bond acceptors (Lipinski definition) is 5. The maximum Gasteiger partial charge on any atom is 0.325 e. The Kier molecular flexibility index (Phi) is 6.21. The molecule has 0 aromatic heterocycles. The number of carbonyl (C=O) groups excluding carboxylic acids is 3. The molecule has 11 heteroatoms. The topological polar surface area (TPSA) is 116 Å². The molecule has 2 heterocycles. The van der Waals surface area contributed by atoms with Crippen LogP contribution in [0, 0.1) is 5.92 Å². The van der Waals surface area contributed by atoms with Gasteiger partial charge in [0.25, 0.3) is 5.91 Å². The van der Waals surface area contributed by atoms with Crippen molar-refractivity contribution in [2.24, 2.45) is 5.92 Å². The first-order valence-electron chi connectivity index (χ1n) is 10.9. The Balaban J connectivity index is 1.48. The number of nitrogens with one attached hydrogen (secondary N) is 2. The summed E-state index contributed by atoms with van der Waals surface area (Å²) >= 11 is 6.14. The van der Waals surface area contributed by atoms with E-state index in [1.807, 2.05) is 6.92 Å². The number of hydrogen-bond donors (Lipinski definition) is 2. The van der Waals surface area contributed by atoms with E-state index in [1.165, 1.54) is 22.5 Å². The lowest BCUT2D eigenvalue weighted by atomic mass is 9.73. The smallest absolute Gasteiger partial charge is 0.324 e. The first-order valence-corrected chi connectivity index (χ1v) is 12.7. The van der Waals surface area contributed by atoms with Crippen molar-refractivity contribution in [1.82, 2.24) is 14.5 Å². The van der Waals surface area contributed by atoms with Gasteiger partial charge in [-0.3, -0.25) is 14.5 Å². The van der Waals surface area contributed by atoms with E-state index in [1.54, 1.807) is 0 Å². The molecule has 4 rings (SSSR count). The van der Waals surface area contributed by atoms with Crippen molar-refractivity contribution in [2.75, 3.05) is 25.0 Å². The minimum absolute atomic E-state index is 0.00428. The number of nitrogens with zero attached hydrogens (tertiary/aromatic N) is 2. The van der Waals surface area contributed by atoms with E-state index in [2.05, 4.69) is 10.6 Å². The number of benzene rings is 1. The molecule has 0 bridgehead atoms. The summed E-state index contributed by atoms with van der Waals surface area (Å²) in [6, 6.07) is 3.63. The molecule has 2 aliphatic heterocycles. The summed E-state index contributed by atoms with van der Waals surface area (Å²) in [6.07, 6.45) is 4.83. The Morgan fingerprint density at radius 3 is 2.62 bits per heavy atom. The number of sulfonamides is 1. The summed E-state index contributed by atoms with van der Waals surface area (Å²) in [4.78, 5) is 39.0. The lowest BCUT2D eigenvalue weighted by Crippen LogP contribution is -2.54. The fraction of sp³-hybridized carbons (Fsp3) is 0.571. The summed E-state index contributed by atoms with van der Waals surface area (Å²) in [5.74, 6) is -0.977. The molecule has 2 unspecified atom stereocenters. The van der Waals surface area contributed by atoms with Gasteiger partial charge in [-0.15, -0.1) is 0 Å². The van der Waals surface area contributed by atoms with Gasteiger partial charge in [-0.2, -0.15) is 4.31 Å². The fourth-order valence-electron chi connectivity index (χ4n) is 4.83. The quantitative estimate of drug-likeness (QED) is 0.626.